The summed E-state index contributed by atoms with van der Waals surface area (Å²) in [7, 11) is 0. The molecule has 23 heavy (non-hydrogen) atoms. The van der Waals surface area contributed by atoms with E-state index in [4.69, 9.17) is 9.52 Å². The highest BCUT2D eigenvalue weighted by atomic mass is 16.3. The third-order valence-corrected chi connectivity index (χ3v) is 3.82. The van der Waals surface area contributed by atoms with E-state index in [9.17, 15) is 4.79 Å². The molecule has 2 rings (SSSR count). The van der Waals surface area contributed by atoms with E-state index in [2.05, 4.69) is 10.6 Å². The predicted octanol–water partition coefficient (Wildman–Crippen LogP) is 2.63. The lowest BCUT2D eigenvalue weighted by molar-refractivity contribution is -0.121. The number of aryl methyl sites for hydroxylation is 1. The molecule has 0 saturated heterocycles. The highest BCUT2D eigenvalue weighted by Crippen LogP contribution is 2.14. The summed E-state index contributed by atoms with van der Waals surface area (Å²) in [6, 6.07) is 9.52. The van der Waals surface area contributed by atoms with Gasteiger partial charge in [-0.2, -0.15) is 0 Å². The number of amides is 1. The Morgan fingerprint density at radius 1 is 1.26 bits per heavy atom. The molecule has 5 heteroatoms. The van der Waals surface area contributed by atoms with E-state index in [1.165, 1.54) is 0 Å². The lowest BCUT2D eigenvalue weighted by Crippen LogP contribution is -2.37. The minimum Gasteiger partial charge on any atom is -0.467 e. The molecule has 3 N–H and O–H groups in total. The largest absolute Gasteiger partial charge is 0.467 e. The van der Waals surface area contributed by atoms with Crippen molar-refractivity contribution in [1.29, 1.82) is 0 Å². The summed E-state index contributed by atoms with van der Waals surface area (Å²) in [4.78, 5) is 11.9. The van der Waals surface area contributed by atoms with Gasteiger partial charge in [-0.3, -0.25) is 4.79 Å². The molecular weight excluding hydrogens is 292 g/mol. The van der Waals surface area contributed by atoms with Crippen LogP contribution in [0.25, 0.3) is 0 Å². The van der Waals surface area contributed by atoms with E-state index in [-0.39, 0.29) is 18.6 Å². The fourth-order valence-electron chi connectivity index (χ4n) is 2.25. The Morgan fingerprint density at radius 3 is 2.57 bits per heavy atom. The van der Waals surface area contributed by atoms with Gasteiger partial charge in [0.25, 0.3) is 0 Å². The third kappa shape index (κ3) is 5.14. The Labute approximate surface area is 136 Å². The molecule has 0 aliphatic carbocycles. The molecule has 2 aromatic rings. The lowest BCUT2D eigenvalue weighted by Gasteiger charge is -2.14. The van der Waals surface area contributed by atoms with Gasteiger partial charge in [0, 0.05) is 5.69 Å². The summed E-state index contributed by atoms with van der Waals surface area (Å²) in [6.07, 6.45) is 2.72. The lowest BCUT2D eigenvalue weighted by atomic mass is 10.1. The fraction of sp³-hybridized carbons (Fsp3) is 0.389. The maximum atomic E-state index is 11.9. The van der Waals surface area contributed by atoms with Crippen LogP contribution in [0.2, 0.25) is 0 Å². The molecule has 124 valence electrons. The minimum absolute atomic E-state index is 0.0305. The summed E-state index contributed by atoms with van der Waals surface area (Å²) in [5, 5.41) is 15.2. The quantitative estimate of drug-likeness (QED) is 0.700. The summed E-state index contributed by atoms with van der Waals surface area (Å²) < 4.78 is 5.38. The number of anilines is 1. The first-order valence-corrected chi connectivity index (χ1v) is 7.88. The van der Waals surface area contributed by atoms with Crippen molar-refractivity contribution in [3.05, 3.63) is 53.5 Å². The molecule has 5 nitrogen and oxygen atoms in total. The van der Waals surface area contributed by atoms with Gasteiger partial charge in [0.05, 0.1) is 31.9 Å². The van der Waals surface area contributed by atoms with Crippen molar-refractivity contribution >= 4 is 11.6 Å². The Hall–Kier alpha value is -2.27. The van der Waals surface area contributed by atoms with Crippen LogP contribution in [0.4, 0.5) is 5.69 Å². The minimum atomic E-state index is -0.167. The predicted molar refractivity (Wildman–Crippen MR) is 90.2 cm³/mol. The molecule has 0 saturated carbocycles. The zero-order valence-corrected chi connectivity index (χ0v) is 13.6. The molecular formula is C18H24N2O3. The summed E-state index contributed by atoms with van der Waals surface area (Å²) in [6.45, 7) is 4.55. The highest BCUT2D eigenvalue weighted by Gasteiger charge is 2.09. The smallest absolute Gasteiger partial charge is 0.224 e. The van der Waals surface area contributed by atoms with Gasteiger partial charge in [-0.1, -0.05) is 19.1 Å². The highest BCUT2D eigenvalue weighted by molar-refractivity contribution is 5.79. The Morgan fingerprint density at radius 2 is 2.00 bits per heavy atom. The molecule has 1 atom stereocenters. The van der Waals surface area contributed by atoms with Crippen molar-refractivity contribution < 1.29 is 14.3 Å². The van der Waals surface area contributed by atoms with Crippen molar-refractivity contribution in [2.75, 3.05) is 11.9 Å². The number of aliphatic hydroxyl groups is 1. The molecule has 0 radical (unpaired) electrons. The van der Waals surface area contributed by atoms with Crippen molar-refractivity contribution in [2.24, 2.45) is 0 Å². The topological polar surface area (TPSA) is 74.5 Å². The standard InChI is InChI=1S/C18H24N2O3/c1-3-15(12-21)20-18(22)10-14-4-6-16(7-5-14)19-11-17-13(2)8-9-23-17/h4-9,15,19,21H,3,10-12H2,1-2H3,(H,20,22). The molecule has 1 heterocycles. The van der Waals surface area contributed by atoms with Crippen molar-refractivity contribution in [2.45, 2.75) is 39.3 Å². The van der Waals surface area contributed by atoms with Crippen molar-refractivity contribution in [3.63, 3.8) is 0 Å². The van der Waals surface area contributed by atoms with Crippen molar-refractivity contribution in [3.8, 4) is 0 Å². The molecule has 1 aromatic heterocycles. The van der Waals surface area contributed by atoms with Crippen molar-refractivity contribution in [1.82, 2.24) is 5.32 Å². The molecule has 0 aliphatic heterocycles. The number of carbonyl (C=O) groups excluding carboxylic acids is 1. The number of carbonyl (C=O) groups is 1. The Kier molecular flexibility index (Phi) is 6.23. The van der Waals surface area contributed by atoms with E-state index < -0.39 is 0 Å². The molecule has 0 spiro atoms. The summed E-state index contributed by atoms with van der Waals surface area (Å²) in [5.41, 5.74) is 3.04. The number of nitrogens with one attached hydrogen (secondary N) is 2. The second kappa shape index (κ2) is 8.39. The first-order valence-electron chi connectivity index (χ1n) is 7.88. The normalized spacial score (nSPS) is 12.0. The number of benzene rings is 1. The van der Waals surface area contributed by atoms with Crippen LogP contribution in [-0.4, -0.2) is 23.7 Å². The van der Waals surface area contributed by atoms with Crippen LogP contribution in [0.1, 0.15) is 30.2 Å². The maximum absolute atomic E-state index is 11.9. The molecule has 0 aliphatic rings. The van der Waals surface area contributed by atoms with Crippen LogP contribution >= 0.6 is 0 Å². The van der Waals surface area contributed by atoms with Gasteiger partial charge in [-0.15, -0.1) is 0 Å². The average Bonchev–Trinajstić information content (AvgIpc) is 2.97. The number of aliphatic hydroxyl groups excluding tert-OH is 1. The van der Waals surface area contributed by atoms with Gasteiger partial charge in [-0.05, 0) is 42.7 Å². The molecule has 0 fully saturated rings. The SMILES string of the molecule is CCC(CO)NC(=O)Cc1ccc(NCc2occc2C)cc1. The van der Waals surface area contributed by atoms with E-state index in [0.29, 0.717) is 13.0 Å². The molecule has 1 amide bonds. The van der Waals surface area contributed by atoms with Gasteiger partial charge >= 0.3 is 0 Å². The van der Waals surface area contributed by atoms with E-state index >= 15 is 0 Å². The number of hydrogen-bond donors (Lipinski definition) is 3. The van der Waals surface area contributed by atoms with Crippen LogP contribution in [0.5, 0.6) is 0 Å². The maximum Gasteiger partial charge on any atom is 0.224 e. The molecule has 1 unspecified atom stereocenters. The average molecular weight is 316 g/mol. The van der Waals surface area contributed by atoms with Crippen LogP contribution in [0.3, 0.4) is 0 Å². The zero-order valence-electron chi connectivity index (χ0n) is 13.6. The number of rotatable bonds is 8. The number of furan rings is 1. The first kappa shape index (κ1) is 17.1. The van der Waals surface area contributed by atoms with E-state index in [0.717, 1.165) is 29.0 Å². The van der Waals surface area contributed by atoms with Gasteiger partial charge in [0.1, 0.15) is 5.76 Å². The van der Waals surface area contributed by atoms with Crippen LogP contribution < -0.4 is 10.6 Å². The zero-order chi connectivity index (χ0) is 16.7. The summed E-state index contributed by atoms with van der Waals surface area (Å²) >= 11 is 0. The fourth-order valence-corrected chi connectivity index (χ4v) is 2.25. The van der Waals surface area contributed by atoms with Crippen LogP contribution in [0, 0.1) is 6.92 Å². The molecule has 1 aromatic carbocycles. The first-order chi connectivity index (χ1) is 11.1. The van der Waals surface area contributed by atoms with E-state index in [1.54, 1.807) is 6.26 Å². The van der Waals surface area contributed by atoms with Gasteiger partial charge in [0.2, 0.25) is 5.91 Å². The number of hydrogen-bond acceptors (Lipinski definition) is 4. The van der Waals surface area contributed by atoms with Crippen LogP contribution in [0.15, 0.2) is 41.0 Å². The second-order valence-electron chi connectivity index (χ2n) is 5.61. The summed E-state index contributed by atoms with van der Waals surface area (Å²) in [5.74, 6) is 0.848. The Balaban J connectivity index is 1.84. The monoisotopic (exact) mass is 316 g/mol. The Bertz CT molecular complexity index is 615. The van der Waals surface area contributed by atoms with Crippen LogP contribution in [-0.2, 0) is 17.8 Å². The van der Waals surface area contributed by atoms with Gasteiger partial charge in [0.15, 0.2) is 0 Å². The second-order valence-corrected chi connectivity index (χ2v) is 5.61. The van der Waals surface area contributed by atoms with Gasteiger partial charge in [-0.25, -0.2) is 0 Å². The van der Waals surface area contributed by atoms with Gasteiger partial charge < -0.3 is 20.2 Å². The molecule has 0 bridgehead atoms. The van der Waals surface area contributed by atoms with E-state index in [1.807, 2.05) is 44.2 Å². The third-order valence-electron chi connectivity index (χ3n) is 3.82.